The van der Waals surface area contributed by atoms with Gasteiger partial charge >= 0.3 is 0 Å². The van der Waals surface area contributed by atoms with Crippen LogP contribution < -0.4 is 20.5 Å². The van der Waals surface area contributed by atoms with Crippen molar-refractivity contribution in [2.75, 3.05) is 37.7 Å². The van der Waals surface area contributed by atoms with Gasteiger partial charge in [0, 0.05) is 37.9 Å². The number of carbonyl (C=O) groups is 1. The monoisotopic (exact) mass is 422 g/mol. The molecule has 166 valence electrons. The number of anilines is 1. The number of nitrogens with zero attached hydrogens (tertiary/aromatic N) is 2. The Morgan fingerprint density at radius 2 is 1.84 bits per heavy atom. The molecule has 6 nitrogen and oxygen atoms in total. The van der Waals surface area contributed by atoms with Crippen molar-refractivity contribution in [3.8, 4) is 5.75 Å². The zero-order valence-electron chi connectivity index (χ0n) is 18.6. The Labute approximate surface area is 185 Å². The fourth-order valence-electron chi connectivity index (χ4n) is 4.30. The van der Waals surface area contributed by atoms with E-state index in [0.717, 1.165) is 57.8 Å². The summed E-state index contributed by atoms with van der Waals surface area (Å²) in [5, 5.41) is 0. The molecule has 0 radical (unpaired) electrons. The lowest BCUT2D eigenvalue weighted by atomic mass is 10.0. The van der Waals surface area contributed by atoms with Crippen LogP contribution in [-0.4, -0.2) is 49.6 Å². The highest BCUT2D eigenvalue weighted by Crippen LogP contribution is 2.26. The van der Waals surface area contributed by atoms with Gasteiger partial charge in [-0.25, -0.2) is 10.9 Å². The van der Waals surface area contributed by atoms with Crippen LogP contribution in [0.3, 0.4) is 0 Å². The van der Waals surface area contributed by atoms with Crippen molar-refractivity contribution in [2.24, 2.45) is 0 Å². The molecular formula is C25H34N4O2. The Morgan fingerprint density at radius 1 is 1.06 bits per heavy atom. The molecule has 4 rings (SSSR count). The lowest BCUT2D eigenvalue weighted by molar-refractivity contribution is -0.133. The molecule has 2 aliphatic rings. The number of aryl methyl sites for hydroxylation is 1. The molecule has 1 amide bonds. The minimum absolute atomic E-state index is 0.132. The largest absolute Gasteiger partial charge is 0.494 e. The summed E-state index contributed by atoms with van der Waals surface area (Å²) in [4.78, 5) is 17.4. The summed E-state index contributed by atoms with van der Waals surface area (Å²) in [6.45, 7) is 8.31. The van der Waals surface area contributed by atoms with Crippen LogP contribution in [0.4, 0.5) is 5.69 Å². The quantitative estimate of drug-likeness (QED) is 0.670. The van der Waals surface area contributed by atoms with Crippen molar-refractivity contribution in [1.29, 1.82) is 0 Å². The molecular weight excluding hydrogens is 388 g/mol. The number of unbranched alkanes of at least 4 members (excludes halogenated alkanes) is 1. The molecule has 2 N–H and O–H groups in total. The van der Waals surface area contributed by atoms with E-state index in [1.165, 1.54) is 16.8 Å². The third-order valence-corrected chi connectivity index (χ3v) is 6.21. The predicted octanol–water partition coefficient (Wildman–Crippen LogP) is 3.43. The van der Waals surface area contributed by atoms with E-state index >= 15 is 0 Å². The summed E-state index contributed by atoms with van der Waals surface area (Å²) >= 11 is 0. The number of hydrogen-bond acceptors (Lipinski definition) is 5. The first-order valence-corrected chi connectivity index (χ1v) is 11.5. The number of carbonyl (C=O) groups excluding carboxylic acids is 1. The number of amides is 1. The normalized spacial score (nSPS) is 21.4. The SMILES string of the molecule is CCCCOc1ccc(C2CC(C(=O)N3CCN(c4cccc(C)c4)CC3)NN2)cc1. The molecule has 0 bridgehead atoms. The van der Waals surface area contributed by atoms with E-state index in [4.69, 9.17) is 4.74 Å². The number of benzene rings is 2. The summed E-state index contributed by atoms with van der Waals surface area (Å²) in [5.74, 6) is 1.10. The van der Waals surface area contributed by atoms with E-state index in [0.29, 0.717) is 0 Å². The Morgan fingerprint density at radius 3 is 2.55 bits per heavy atom. The van der Waals surface area contributed by atoms with E-state index in [1.54, 1.807) is 0 Å². The second-order valence-electron chi connectivity index (χ2n) is 8.55. The van der Waals surface area contributed by atoms with E-state index in [-0.39, 0.29) is 18.0 Å². The number of hydrazine groups is 1. The van der Waals surface area contributed by atoms with E-state index in [9.17, 15) is 4.79 Å². The topological polar surface area (TPSA) is 56.8 Å². The fourth-order valence-corrected chi connectivity index (χ4v) is 4.30. The zero-order chi connectivity index (χ0) is 21.6. The van der Waals surface area contributed by atoms with Gasteiger partial charge in [-0.05, 0) is 55.2 Å². The molecule has 2 heterocycles. The molecule has 2 unspecified atom stereocenters. The molecule has 2 aromatic carbocycles. The van der Waals surface area contributed by atoms with Crippen LogP contribution in [0.15, 0.2) is 48.5 Å². The van der Waals surface area contributed by atoms with Gasteiger partial charge in [-0.15, -0.1) is 0 Å². The van der Waals surface area contributed by atoms with Gasteiger partial charge in [0.2, 0.25) is 5.91 Å². The highest BCUT2D eigenvalue weighted by atomic mass is 16.5. The van der Waals surface area contributed by atoms with Gasteiger partial charge in [0.15, 0.2) is 0 Å². The van der Waals surface area contributed by atoms with Crippen molar-refractivity contribution in [3.05, 3.63) is 59.7 Å². The third-order valence-electron chi connectivity index (χ3n) is 6.21. The zero-order valence-corrected chi connectivity index (χ0v) is 18.6. The van der Waals surface area contributed by atoms with Crippen molar-refractivity contribution >= 4 is 11.6 Å². The maximum atomic E-state index is 13.1. The maximum Gasteiger partial charge on any atom is 0.241 e. The van der Waals surface area contributed by atoms with Crippen LogP contribution in [-0.2, 0) is 4.79 Å². The second-order valence-corrected chi connectivity index (χ2v) is 8.55. The minimum Gasteiger partial charge on any atom is -0.494 e. The van der Waals surface area contributed by atoms with Gasteiger partial charge in [-0.1, -0.05) is 37.6 Å². The third kappa shape index (κ3) is 5.38. The molecule has 2 aliphatic heterocycles. The maximum absolute atomic E-state index is 13.1. The highest BCUT2D eigenvalue weighted by molar-refractivity contribution is 5.82. The van der Waals surface area contributed by atoms with Gasteiger partial charge in [-0.3, -0.25) is 4.79 Å². The second kappa shape index (κ2) is 10.2. The van der Waals surface area contributed by atoms with Gasteiger partial charge in [0.25, 0.3) is 0 Å². The lowest BCUT2D eigenvalue weighted by Crippen LogP contribution is -2.53. The molecule has 2 saturated heterocycles. The summed E-state index contributed by atoms with van der Waals surface area (Å²) in [7, 11) is 0. The van der Waals surface area contributed by atoms with Crippen molar-refractivity contribution in [1.82, 2.24) is 15.8 Å². The first kappa shape index (κ1) is 21.7. The van der Waals surface area contributed by atoms with Crippen LogP contribution >= 0.6 is 0 Å². The van der Waals surface area contributed by atoms with E-state index in [1.807, 2.05) is 17.0 Å². The number of nitrogens with one attached hydrogen (secondary N) is 2. The Hall–Kier alpha value is -2.57. The molecule has 31 heavy (non-hydrogen) atoms. The predicted molar refractivity (Wildman–Crippen MR) is 124 cm³/mol. The van der Waals surface area contributed by atoms with Gasteiger partial charge in [0.05, 0.1) is 6.61 Å². The first-order chi connectivity index (χ1) is 15.1. The summed E-state index contributed by atoms with van der Waals surface area (Å²) in [6.07, 6.45) is 2.96. The molecule has 2 atom stereocenters. The van der Waals surface area contributed by atoms with Crippen LogP contribution in [0, 0.1) is 6.92 Å². The number of ether oxygens (including phenoxy) is 1. The summed E-state index contributed by atoms with van der Waals surface area (Å²) in [5.41, 5.74) is 10.2. The first-order valence-electron chi connectivity index (χ1n) is 11.5. The van der Waals surface area contributed by atoms with E-state index in [2.05, 4.69) is 66.0 Å². The van der Waals surface area contributed by atoms with Crippen LogP contribution in [0.1, 0.15) is 43.4 Å². The van der Waals surface area contributed by atoms with Crippen LogP contribution in [0.25, 0.3) is 0 Å². The fraction of sp³-hybridized carbons (Fsp3) is 0.480. The summed E-state index contributed by atoms with van der Waals surface area (Å²) < 4.78 is 5.75. The molecule has 0 saturated carbocycles. The van der Waals surface area contributed by atoms with Gasteiger partial charge < -0.3 is 14.5 Å². The Bertz CT molecular complexity index is 862. The smallest absolute Gasteiger partial charge is 0.241 e. The molecule has 2 aromatic rings. The lowest BCUT2D eigenvalue weighted by Gasteiger charge is -2.37. The Balaban J connectivity index is 1.27. The number of piperazine rings is 1. The summed E-state index contributed by atoms with van der Waals surface area (Å²) in [6, 6.07) is 16.7. The molecule has 0 aromatic heterocycles. The van der Waals surface area contributed by atoms with Gasteiger partial charge in [0.1, 0.15) is 11.8 Å². The molecule has 0 spiro atoms. The van der Waals surface area contributed by atoms with Crippen molar-refractivity contribution in [2.45, 2.75) is 45.2 Å². The standard InChI is InChI=1S/C25H34N4O2/c1-3-4-16-31-22-10-8-20(9-11-22)23-18-24(27-26-23)25(30)29-14-12-28(13-15-29)21-7-5-6-19(2)17-21/h5-11,17,23-24,26-27H,3-4,12-16,18H2,1-2H3. The molecule has 2 fully saturated rings. The number of rotatable bonds is 7. The average molecular weight is 423 g/mol. The minimum atomic E-state index is -0.184. The highest BCUT2D eigenvalue weighted by Gasteiger charge is 2.34. The molecule has 0 aliphatic carbocycles. The van der Waals surface area contributed by atoms with Gasteiger partial charge in [-0.2, -0.15) is 0 Å². The average Bonchev–Trinajstić information content (AvgIpc) is 3.30. The number of hydrogen-bond donors (Lipinski definition) is 2. The molecule has 6 heteroatoms. The van der Waals surface area contributed by atoms with Crippen LogP contribution in [0.2, 0.25) is 0 Å². The van der Waals surface area contributed by atoms with Crippen LogP contribution in [0.5, 0.6) is 5.75 Å². The Kier molecular flexibility index (Phi) is 7.10. The van der Waals surface area contributed by atoms with E-state index < -0.39 is 0 Å². The van der Waals surface area contributed by atoms with Crippen molar-refractivity contribution < 1.29 is 9.53 Å². The van der Waals surface area contributed by atoms with Crippen molar-refractivity contribution in [3.63, 3.8) is 0 Å².